The molecule has 8 heteroatoms. The van der Waals surface area contributed by atoms with Crippen LogP contribution in [-0.2, 0) is 14.3 Å². The monoisotopic (exact) mass is 347 g/mol. The molecular weight excluding hydrogens is 334 g/mol. The maximum absolute atomic E-state index is 12.2. The molecule has 0 saturated carbocycles. The van der Waals surface area contributed by atoms with Gasteiger partial charge in [0.25, 0.3) is 10.1 Å². The van der Waals surface area contributed by atoms with Crippen molar-refractivity contribution in [2.75, 3.05) is 7.11 Å². The quantitative estimate of drug-likeness (QED) is 0.563. The summed E-state index contributed by atoms with van der Waals surface area (Å²) in [5, 5.41) is 4.06. The first-order valence-corrected chi connectivity index (χ1v) is 8.87. The summed E-state index contributed by atoms with van der Waals surface area (Å²) in [6.07, 6.45) is 0. The number of fused-ring (bicyclic) bond motifs is 1. The molecule has 23 heavy (non-hydrogen) atoms. The average Bonchev–Trinajstić information content (AvgIpc) is 2.98. The van der Waals surface area contributed by atoms with Crippen LogP contribution >= 0.6 is 11.3 Å². The van der Waals surface area contributed by atoms with Gasteiger partial charge in [-0.05, 0) is 42.8 Å². The molecule has 0 saturated heterocycles. The van der Waals surface area contributed by atoms with Gasteiger partial charge in [-0.1, -0.05) is 6.07 Å². The van der Waals surface area contributed by atoms with Crippen LogP contribution in [0.15, 0.2) is 46.4 Å². The van der Waals surface area contributed by atoms with E-state index in [1.807, 2.05) is 12.1 Å². The van der Waals surface area contributed by atoms with Gasteiger partial charge < -0.3 is 0 Å². The summed E-state index contributed by atoms with van der Waals surface area (Å²) in [6.45, 7) is 1.73. The molecular formula is C15H13N3O3S2. The molecule has 0 unspecified atom stereocenters. The number of benzene rings is 2. The second kappa shape index (κ2) is 5.80. The van der Waals surface area contributed by atoms with Crippen molar-refractivity contribution in [3.63, 3.8) is 0 Å². The van der Waals surface area contributed by atoms with Crippen LogP contribution in [0.1, 0.15) is 5.56 Å². The first-order chi connectivity index (χ1) is 11.0. The first kappa shape index (κ1) is 15.7. The van der Waals surface area contributed by atoms with Gasteiger partial charge >= 0.3 is 0 Å². The molecule has 0 aliphatic heterocycles. The molecule has 0 fully saturated rings. The van der Waals surface area contributed by atoms with Gasteiger partial charge in [-0.3, -0.25) is 4.18 Å². The van der Waals surface area contributed by atoms with E-state index < -0.39 is 10.1 Å². The van der Waals surface area contributed by atoms with Crippen molar-refractivity contribution in [3.8, 4) is 10.6 Å². The fraction of sp³-hybridized carbons (Fsp3) is 0.133. The largest absolute Gasteiger partial charge is 0.298 e. The Morgan fingerprint density at radius 2 is 1.87 bits per heavy atom. The van der Waals surface area contributed by atoms with Crippen molar-refractivity contribution in [2.45, 2.75) is 11.8 Å². The molecule has 0 atom stereocenters. The molecule has 0 amide bonds. The second-order valence-electron chi connectivity index (χ2n) is 4.86. The smallest absolute Gasteiger partial charge is 0.270 e. The molecule has 2 aromatic carbocycles. The third-order valence-electron chi connectivity index (χ3n) is 3.42. The average molecular weight is 347 g/mol. The summed E-state index contributed by atoms with van der Waals surface area (Å²) in [7, 11) is -2.65. The summed E-state index contributed by atoms with van der Waals surface area (Å²) in [4.78, 5) is 4.67. The van der Waals surface area contributed by atoms with Crippen molar-refractivity contribution in [2.24, 2.45) is 5.11 Å². The number of rotatable bonds is 4. The van der Waals surface area contributed by atoms with Gasteiger partial charge in [0, 0.05) is 5.56 Å². The van der Waals surface area contributed by atoms with Crippen LogP contribution in [-0.4, -0.2) is 20.5 Å². The molecule has 118 valence electrons. The Morgan fingerprint density at radius 3 is 2.48 bits per heavy atom. The minimum atomic E-state index is -3.80. The van der Waals surface area contributed by atoms with E-state index in [9.17, 15) is 8.42 Å². The number of aryl methyl sites for hydroxylation is 1. The predicted molar refractivity (Wildman–Crippen MR) is 88.8 cm³/mol. The summed E-state index contributed by atoms with van der Waals surface area (Å²) < 4.78 is 29.6. The number of nitrogens with zero attached hydrogens (tertiary/aromatic N) is 2. The number of hydrogen-bond donors (Lipinski definition) is 1. The van der Waals surface area contributed by atoms with E-state index in [-0.39, 0.29) is 4.90 Å². The third kappa shape index (κ3) is 2.76. The molecule has 6 nitrogen and oxygen atoms in total. The second-order valence-corrected chi connectivity index (χ2v) is 7.51. The number of hydrogen-bond acceptors (Lipinski definition) is 7. The molecule has 0 aliphatic carbocycles. The lowest BCUT2D eigenvalue weighted by Gasteiger charge is -2.05. The SMILES string of the molecule is COS(=O)(=O)c1c(C)ccc2nc(-c3ccc(N=N)cc3)sc12. The maximum atomic E-state index is 12.2. The predicted octanol–water partition coefficient (Wildman–Crippen LogP) is 4.27. The lowest BCUT2D eigenvalue weighted by molar-refractivity contribution is 0.398. The molecule has 0 radical (unpaired) electrons. The summed E-state index contributed by atoms with van der Waals surface area (Å²) >= 11 is 1.30. The Labute approximate surface area is 137 Å². The van der Waals surface area contributed by atoms with Gasteiger partial charge in [0.15, 0.2) is 0 Å². The minimum Gasteiger partial charge on any atom is -0.270 e. The van der Waals surface area contributed by atoms with Crippen LogP contribution in [0.3, 0.4) is 0 Å². The lowest BCUT2D eigenvalue weighted by atomic mass is 10.2. The number of nitrogens with one attached hydrogen (secondary N) is 1. The topological polar surface area (TPSA) is 92.5 Å². The number of thiazole rings is 1. The molecule has 0 aliphatic rings. The van der Waals surface area contributed by atoms with Gasteiger partial charge in [-0.15, -0.1) is 11.3 Å². The third-order valence-corrected chi connectivity index (χ3v) is 6.15. The van der Waals surface area contributed by atoms with Crippen molar-refractivity contribution >= 4 is 37.4 Å². The van der Waals surface area contributed by atoms with Crippen molar-refractivity contribution < 1.29 is 12.6 Å². The van der Waals surface area contributed by atoms with E-state index in [1.54, 1.807) is 31.2 Å². The highest BCUT2D eigenvalue weighted by molar-refractivity contribution is 7.87. The molecule has 3 aromatic rings. The van der Waals surface area contributed by atoms with Crippen LogP contribution < -0.4 is 0 Å². The van der Waals surface area contributed by atoms with E-state index >= 15 is 0 Å². The number of aromatic nitrogens is 1. The van der Waals surface area contributed by atoms with Crippen LogP contribution in [0.4, 0.5) is 5.69 Å². The van der Waals surface area contributed by atoms with E-state index in [0.29, 0.717) is 26.5 Å². The van der Waals surface area contributed by atoms with Crippen LogP contribution in [0.5, 0.6) is 0 Å². The van der Waals surface area contributed by atoms with Crippen molar-refractivity contribution in [3.05, 3.63) is 42.0 Å². The minimum absolute atomic E-state index is 0.166. The van der Waals surface area contributed by atoms with Gasteiger partial charge in [-0.2, -0.15) is 13.5 Å². The Bertz CT molecular complexity index is 993. The van der Waals surface area contributed by atoms with Gasteiger partial charge in [0.2, 0.25) is 0 Å². The summed E-state index contributed by atoms with van der Waals surface area (Å²) in [6, 6.07) is 10.6. The zero-order valence-electron chi connectivity index (χ0n) is 12.4. The fourth-order valence-corrected chi connectivity index (χ4v) is 4.72. The molecule has 3 rings (SSSR count). The molecule has 1 aromatic heterocycles. The fourth-order valence-electron chi connectivity index (χ4n) is 2.26. The highest BCUT2D eigenvalue weighted by Gasteiger charge is 2.22. The molecule has 0 spiro atoms. The normalized spacial score (nSPS) is 11.7. The first-order valence-electron chi connectivity index (χ1n) is 6.65. The molecule has 0 bridgehead atoms. The van der Waals surface area contributed by atoms with Gasteiger partial charge in [0.1, 0.15) is 9.90 Å². The van der Waals surface area contributed by atoms with E-state index in [0.717, 1.165) is 12.7 Å². The highest BCUT2D eigenvalue weighted by Crippen LogP contribution is 2.36. The van der Waals surface area contributed by atoms with Crippen LogP contribution in [0.2, 0.25) is 0 Å². The van der Waals surface area contributed by atoms with Crippen LogP contribution in [0.25, 0.3) is 20.8 Å². The Balaban J connectivity index is 2.22. The summed E-state index contributed by atoms with van der Waals surface area (Å²) in [5.74, 6) is 0. The lowest BCUT2D eigenvalue weighted by Crippen LogP contribution is -2.05. The van der Waals surface area contributed by atoms with Gasteiger partial charge in [-0.25, -0.2) is 10.5 Å². The standard InChI is InChI=1S/C15H13N3O3S2/c1-9-3-8-12-13(14(9)23(19,20)21-2)22-15(17-12)10-4-6-11(18-16)7-5-10/h3-8,16H,1-2H3. The van der Waals surface area contributed by atoms with Crippen molar-refractivity contribution in [1.29, 1.82) is 5.53 Å². The molecule has 1 N–H and O–H groups in total. The Kier molecular flexibility index (Phi) is 3.97. The van der Waals surface area contributed by atoms with E-state index in [1.165, 1.54) is 11.3 Å². The van der Waals surface area contributed by atoms with E-state index in [2.05, 4.69) is 14.3 Å². The highest BCUT2D eigenvalue weighted by atomic mass is 32.2. The Hall–Kier alpha value is -2.16. The Morgan fingerprint density at radius 1 is 1.17 bits per heavy atom. The molecule has 1 heterocycles. The van der Waals surface area contributed by atoms with Gasteiger partial charge in [0.05, 0.1) is 23.0 Å². The summed E-state index contributed by atoms with van der Waals surface area (Å²) in [5.41, 5.74) is 9.61. The maximum Gasteiger partial charge on any atom is 0.298 e. The van der Waals surface area contributed by atoms with Crippen molar-refractivity contribution in [1.82, 2.24) is 4.98 Å². The van der Waals surface area contributed by atoms with E-state index in [4.69, 9.17) is 5.53 Å². The zero-order chi connectivity index (χ0) is 16.6. The van der Waals surface area contributed by atoms with Crippen LogP contribution in [0, 0.1) is 12.5 Å². The zero-order valence-corrected chi connectivity index (χ0v) is 14.0.